The predicted octanol–water partition coefficient (Wildman–Crippen LogP) is 5.19. The molecular formula is C30H48N2O5. The second-order valence-electron chi connectivity index (χ2n) is 10.1. The molecule has 0 amide bonds. The van der Waals surface area contributed by atoms with Gasteiger partial charge in [-0.1, -0.05) is 19.9 Å². The zero-order chi connectivity index (χ0) is 27.4. The molecule has 208 valence electrons. The average molecular weight is 517 g/mol. The third kappa shape index (κ3) is 7.92. The molecule has 2 aromatic carbocycles. The highest BCUT2D eigenvalue weighted by molar-refractivity contribution is 5.55. The monoisotopic (exact) mass is 516 g/mol. The average Bonchev–Trinajstić information content (AvgIpc) is 2.90. The fourth-order valence-corrected chi connectivity index (χ4v) is 5.16. The Labute approximate surface area is 224 Å². The van der Waals surface area contributed by atoms with Crippen LogP contribution in [0, 0.1) is 5.92 Å². The molecule has 0 aliphatic heterocycles. The number of nitrogens with zero attached hydrogens (tertiary/aromatic N) is 1. The number of nitrogens with one attached hydrogen (secondary N) is 1. The van der Waals surface area contributed by atoms with Gasteiger partial charge in [-0.3, -0.25) is 0 Å². The minimum Gasteiger partial charge on any atom is -0.493 e. The van der Waals surface area contributed by atoms with Crippen molar-refractivity contribution in [1.82, 2.24) is 10.2 Å². The molecule has 0 saturated heterocycles. The Morgan fingerprint density at radius 3 is 1.86 bits per heavy atom. The Kier molecular flexibility index (Phi) is 12.3. The number of hydrogen-bond acceptors (Lipinski definition) is 7. The quantitative estimate of drug-likeness (QED) is 0.291. The summed E-state index contributed by atoms with van der Waals surface area (Å²) in [5, 5.41) is 3.65. The van der Waals surface area contributed by atoms with Crippen molar-refractivity contribution < 1.29 is 23.7 Å². The molecule has 1 N–H and O–H groups in total. The van der Waals surface area contributed by atoms with Crippen molar-refractivity contribution in [3.8, 4) is 28.7 Å². The van der Waals surface area contributed by atoms with E-state index in [-0.39, 0.29) is 5.41 Å². The van der Waals surface area contributed by atoms with E-state index in [2.05, 4.69) is 62.4 Å². The van der Waals surface area contributed by atoms with Gasteiger partial charge in [0, 0.05) is 12.0 Å². The highest BCUT2D eigenvalue weighted by Gasteiger charge is 2.37. The molecule has 1 atom stereocenters. The van der Waals surface area contributed by atoms with Crippen LogP contribution in [0.2, 0.25) is 0 Å². The minimum absolute atomic E-state index is 0.0579. The van der Waals surface area contributed by atoms with E-state index in [4.69, 9.17) is 23.7 Å². The van der Waals surface area contributed by atoms with Gasteiger partial charge in [0.2, 0.25) is 5.75 Å². The molecule has 37 heavy (non-hydrogen) atoms. The summed E-state index contributed by atoms with van der Waals surface area (Å²) in [5.74, 6) is 4.01. The van der Waals surface area contributed by atoms with E-state index in [0.717, 1.165) is 56.8 Å². The van der Waals surface area contributed by atoms with Gasteiger partial charge < -0.3 is 33.9 Å². The van der Waals surface area contributed by atoms with Gasteiger partial charge in [-0.05, 0) is 94.2 Å². The maximum atomic E-state index is 5.69. The maximum absolute atomic E-state index is 5.69. The first kappa shape index (κ1) is 30.6. The first-order valence-corrected chi connectivity index (χ1v) is 13.1. The van der Waals surface area contributed by atoms with E-state index in [1.54, 1.807) is 35.5 Å². The van der Waals surface area contributed by atoms with Gasteiger partial charge in [-0.2, -0.15) is 0 Å². The van der Waals surface area contributed by atoms with Gasteiger partial charge in [-0.25, -0.2) is 0 Å². The summed E-state index contributed by atoms with van der Waals surface area (Å²) < 4.78 is 27.7. The van der Waals surface area contributed by atoms with Gasteiger partial charge in [0.15, 0.2) is 23.0 Å². The lowest BCUT2D eigenvalue weighted by Gasteiger charge is -2.41. The van der Waals surface area contributed by atoms with Crippen LogP contribution >= 0.6 is 0 Å². The normalized spacial score (nSPS) is 12.9. The smallest absolute Gasteiger partial charge is 0.203 e. The van der Waals surface area contributed by atoms with Gasteiger partial charge in [-0.15, -0.1) is 0 Å². The zero-order valence-electron chi connectivity index (χ0n) is 24.4. The number of hydrogen-bond donors (Lipinski definition) is 1. The molecule has 0 fully saturated rings. The lowest BCUT2D eigenvalue weighted by atomic mass is 9.68. The van der Waals surface area contributed by atoms with Crippen molar-refractivity contribution in [2.24, 2.45) is 5.92 Å². The van der Waals surface area contributed by atoms with Gasteiger partial charge in [0.1, 0.15) is 0 Å². The first-order chi connectivity index (χ1) is 17.8. The highest BCUT2D eigenvalue weighted by Crippen LogP contribution is 2.45. The molecule has 0 bridgehead atoms. The second-order valence-corrected chi connectivity index (χ2v) is 10.1. The minimum atomic E-state index is -0.0579. The van der Waals surface area contributed by atoms with Crippen molar-refractivity contribution in [3.05, 3.63) is 41.5 Å². The van der Waals surface area contributed by atoms with Crippen molar-refractivity contribution >= 4 is 0 Å². The van der Waals surface area contributed by atoms with E-state index in [1.165, 1.54) is 11.1 Å². The summed E-state index contributed by atoms with van der Waals surface area (Å²) in [5.41, 5.74) is 2.42. The summed E-state index contributed by atoms with van der Waals surface area (Å²) in [6, 6.07) is 10.4. The first-order valence-electron chi connectivity index (χ1n) is 13.1. The predicted molar refractivity (Wildman–Crippen MR) is 151 cm³/mol. The molecule has 7 heteroatoms. The van der Waals surface area contributed by atoms with E-state index in [0.29, 0.717) is 23.2 Å². The lowest BCUT2D eigenvalue weighted by molar-refractivity contribution is 0.198. The molecule has 0 aliphatic rings. The molecule has 7 nitrogen and oxygen atoms in total. The molecule has 2 aromatic rings. The van der Waals surface area contributed by atoms with Crippen LogP contribution < -0.4 is 29.0 Å². The number of rotatable bonds is 17. The van der Waals surface area contributed by atoms with Gasteiger partial charge >= 0.3 is 0 Å². The Bertz CT molecular complexity index is 938. The van der Waals surface area contributed by atoms with Crippen molar-refractivity contribution in [2.45, 2.75) is 44.9 Å². The van der Waals surface area contributed by atoms with Gasteiger partial charge in [0.25, 0.3) is 0 Å². The molecule has 0 radical (unpaired) electrons. The van der Waals surface area contributed by atoms with Gasteiger partial charge in [0.05, 0.1) is 35.5 Å². The van der Waals surface area contributed by atoms with Crippen molar-refractivity contribution in [2.75, 3.05) is 69.3 Å². The van der Waals surface area contributed by atoms with Crippen LogP contribution in [0.3, 0.4) is 0 Å². The summed E-state index contributed by atoms with van der Waals surface area (Å²) in [7, 11) is 12.6. The molecule has 0 aliphatic carbocycles. The van der Waals surface area contributed by atoms with Crippen LogP contribution in [0.5, 0.6) is 28.7 Å². The molecule has 0 aromatic heterocycles. The van der Waals surface area contributed by atoms with E-state index in [9.17, 15) is 0 Å². The fraction of sp³-hybridized carbons (Fsp3) is 0.600. The molecule has 0 heterocycles. The number of aryl methyl sites for hydroxylation is 1. The fourth-order valence-electron chi connectivity index (χ4n) is 5.16. The number of ether oxygens (including phenoxy) is 5. The number of benzene rings is 2. The maximum Gasteiger partial charge on any atom is 0.203 e. The standard InChI is InChI=1S/C30H48N2O5/c1-22(2)30(21-32(3)4,24-19-27(35-7)29(37-9)28(20-24)36-8)15-11-17-31-16-10-12-23-13-14-25(33-5)26(18-23)34-6/h13-14,18-20,22,31H,10-12,15-17,21H2,1-9H3. The third-order valence-corrected chi connectivity index (χ3v) is 7.19. The molecule has 0 spiro atoms. The Morgan fingerprint density at radius 2 is 1.35 bits per heavy atom. The molecule has 1 unspecified atom stereocenters. The highest BCUT2D eigenvalue weighted by atomic mass is 16.5. The summed E-state index contributed by atoms with van der Waals surface area (Å²) >= 11 is 0. The van der Waals surface area contributed by atoms with Crippen LogP contribution in [-0.2, 0) is 11.8 Å². The summed E-state index contributed by atoms with van der Waals surface area (Å²) in [4.78, 5) is 2.28. The number of methoxy groups -OCH3 is 5. The molecular weight excluding hydrogens is 468 g/mol. The Hall–Kier alpha value is -2.64. The summed E-state index contributed by atoms with van der Waals surface area (Å²) in [6.45, 7) is 7.49. The summed E-state index contributed by atoms with van der Waals surface area (Å²) in [6.07, 6.45) is 4.17. The van der Waals surface area contributed by atoms with Crippen LogP contribution in [0.4, 0.5) is 0 Å². The third-order valence-electron chi connectivity index (χ3n) is 7.19. The topological polar surface area (TPSA) is 61.4 Å². The van der Waals surface area contributed by atoms with Crippen molar-refractivity contribution in [1.29, 1.82) is 0 Å². The largest absolute Gasteiger partial charge is 0.493 e. The van der Waals surface area contributed by atoms with Crippen LogP contribution in [0.25, 0.3) is 0 Å². The molecule has 2 rings (SSSR count). The molecule has 0 saturated carbocycles. The van der Waals surface area contributed by atoms with E-state index >= 15 is 0 Å². The van der Waals surface area contributed by atoms with Crippen LogP contribution in [0.1, 0.15) is 44.2 Å². The van der Waals surface area contributed by atoms with E-state index < -0.39 is 0 Å². The van der Waals surface area contributed by atoms with Crippen LogP contribution in [0.15, 0.2) is 30.3 Å². The SMILES string of the molecule is COc1ccc(CCCNCCCC(CN(C)C)(c2cc(OC)c(OC)c(OC)c2)C(C)C)cc1OC. The van der Waals surface area contributed by atoms with Crippen LogP contribution in [-0.4, -0.2) is 74.2 Å². The second kappa shape index (κ2) is 14.9. The Balaban J connectivity index is 2.05. The zero-order valence-corrected chi connectivity index (χ0v) is 24.4. The number of likely N-dealkylation sites (N-methyl/N-ethyl adjacent to an activating group) is 1. The lowest BCUT2D eigenvalue weighted by Crippen LogP contribution is -2.42. The van der Waals surface area contributed by atoms with E-state index in [1.807, 2.05) is 6.07 Å². The Morgan fingerprint density at radius 1 is 0.757 bits per heavy atom. The van der Waals surface area contributed by atoms with Crippen molar-refractivity contribution in [3.63, 3.8) is 0 Å².